The molecule has 1 aliphatic rings. The fraction of sp³-hybridized carbons (Fsp3) is 1.00. The van der Waals surface area contributed by atoms with E-state index in [-0.39, 0.29) is 0 Å². The lowest BCUT2D eigenvalue weighted by molar-refractivity contribution is 0.214. The molecule has 0 heteroatoms. The van der Waals surface area contributed by atoms with Crippen LogP contribution < -0.4 is 0 Å². The third-order valence-electron chi connectivity index (χ3n) is 6.67. The highest BCUT2D eigenvalue weighted by Gasteiger charge is 2.22. The van der Waals surface area contributed by atoms with Gasteiger partial charge in [-0.25, -0.2) is 0 Å². The summed E-state index contributed by atoms with van der Waals surface area (Å²) < 4.78 is 0. The van der Waals surface area contributed by atoms with Gasteiger partial charge < -0.3 is 0 Å². The summed E-state index contributed by atoms with van der Waals surface area (Å²) in [6, 6.07) is 0. The van der Waals surface area contributed by atoms with Gasteiger partial charge in [-0.1, -0.05) is 149 Å². The van der Waals surface area contributed by atoms with Crippen LogP contribution in [0, 0.1) is 11.8 Å². The van der Waals surface area contributed by atoms with E-state index < -0.39 is 0 Å². The molecule has 0 aromatic heterocycles. The van der Waals surface area contributed by atoms with Crippen molar-refractivity contribution in [2.45, 2.75) is 149 Å². The molecule has 0 spiro atoms. The maximum absolute atomic E-state index is 2.32. The molecule has 0 radical (unpaired) electrons. The number of hydrogen-bond acceptors (Lipinski definition) is 0. The summed E-state index contributed by atoms with van der Waals surface area (Å²) >= 11 is 0. The van der Waals surface area contributed by atoms with Crippen molar-refractivity contribution in [1.82, 2.24) is 0 Å². The fourth-order valence-electron chi connectivity index (χ4n) is 4.95. The highest BCUT2D eigenvalue weighted by Crippen LogP contribution is 2.36. The van der Waals surface area contributed by atoms with Gasteiger partial charge in [0, 0.05) is 0 Å². The van der Waals surface area contributed by atoms with Crippen LogP contribution in [0.5, 0.6) is 0 Å². The number of rotatable bonds is 17. The Labute approximate surface area is 160 Å². The Morgan fingerprint density at radius 1 is 0.520 bits per heavy atom. The smallest absolute Gasteiger partial charge is 0.0386 e. The summed E-state index contributed by atoms with van der Waals surface area (Å²) in [6.45, 7) is 4.64. The predicted molar refractivity (Wildman–Crippen MR) is 115 cm³/mol. The van der Waals surface area contributed by atoms with Crippen molar-refractivity contribution in [3.05, 3.63) is 0 Å². The Morgan fingerprint density at radius 2 is 0.920 bits per heavy atom. The molecule has 25 heavy (non-hydrogen) atoms. The molecule has 0 N–H and O–H groups in total. The van der Waals surface area contributed by atoms with Crippen LogP contribution in [0.1, 0.15) is 149 Å². The molecule has 1 rings (SSSR count). The molecule has 0 heterocycles. The van der Waals surface area contributed by atoms with E-state index in [1.165, 1.54) is 109 Å². The topological polar surface area (TPSA) is 0 Å². The first-order valence-corrected chi connectivity index (χ1v) is 12.4. The molecule has 1 aliphatic carbocycles. The molecule has 150 valence electrons. The predicted octanol–water partition coefficient (Wildman–Crippen LogP) is 9.46. The minimum atomic E-state index is 1.08. The van der Waals surface area contributed by atoms with Gasteiger partial charge in [-0.15, -0.1) is 0 Å². The molecule has 0 saturated heterocycles. The lowest BCUT2D eigenvalue weighted by Crippen LogP contribution is -2.18. The summed E-state index contributed by atoms with van der Waals surface area (Å²) in [5, 5.41) is 0. The number of hydrogen-bond donors (Lipinski definition) is 0. The third-order valence-corrected chi connectivity index (χ3v) is 6.67. The fourth-order valence-corrected chi connectivity index (χ4v) is 4.95. The molecule has 0 amide bonds. The van der Waals surface area contributed by atoms with Gasteiger partial charge in [-0.05, 0) is 11.8 Å². The van der Waals surface area contributed by atoms with Crippen LogP contribution in [-0.4, -0.2) is 0 Å². The van der Waals surface area contributed by atoms with Crippen LogP contribution >= 0.6 is 0 Å². The van der Waals surface area contributed by atoms with Crippen molar-refractivity contribution in [3.8, 4) is 0 Å². The van der Waals surface area contributed by atoms with Crippen molar-refractivity contribution in [2.24, 2.45) is 11.8 Å². The van der Waals surface area contributed by atoms with Crippen LogP contribution in [0.4, 0.5) is 0 Å². The molecule has 0 bridgehead atoms. The summed E-state index contributed by atoms with van der Waals surface area (Å²) in [4.78, 5) is 0. The van der Waals surface area contributed by atoms with E-state index in [1.54, 1.807) is 25.7 Å². The number of unbranched alkanes of at least 4 members (excludes halogenated alkanes) is 12. The summed E-state index contributed by atoms with van der Waals surface area (Å²) in [5.74, 6) is 2.17. The summed E-state index contributed by atoms with van der Waals surface area (Å²) in [7, 11) is 0. The quantitative estimate of drug-likeness (QED) is 0.229. The zero-order valence-corrected chi connectivity index (χ0v) is 18.0. The minimum Gasteiger partial charge on any atom is -0.0654 e. The third kappa shape index (κ3) is 12.9. The van der Waals surface area contributed by atoms with Crippen molar-refractivity contribution in [1.29, 1.82) is 0 Å². The summed E-state index contributed by atoms with van der Waals surface area (Å²) in [6.07, 6.45) is 31.4. The standard InChI is InChI=1S/C25H50/c1-3-5-7-9-11-12-14-17-21-24(25-22-18-15-19-23-25)20-16-13-10-8-6-4-2/h24-25H,3-23H2,1-2H3. The van der Waals surface area contributed by atoms with Crippen molar-refractivity contribution in [2.75, 3.05) is 0 Å². The molecule has 1 fully saturated rings. The van der Waals surface area contributed by atoms with E-state index in [9.17, 15) is 0 Å². The van der Waals surface area contributed by atoms with Crippen molar-refractivity contribution in [3.63, 3.8) is 0 Å². The van der Waals surface area contributed by atoms with E-state index in [0.29, 0.717) is 0 Å². The van der Waals surface area contributed by atoms with E-state index in [4.69, 9.17) is 0 Å². The largest absolute Gasteiger partial charge is 0.0654 e. The highest BCUT2D eigenvalue weighted by atomic mass is 14.3. The Hall–Kier alpha value is 0. The molecule has 0 aromatic rings. The minimum absolute atomic E-state index is 1.08. The van der Waals surface area contributed by atoms with Gasteiger partial charge in [0.25, 0.3) is 0 Å². The van der Waals surface area contributed by atoms with Gasteiger partial charge in [0.05, 0.1) is 0 Å². The second-order valence-corrected chi connectivity index (χ2v) is 8.98. The van der Waals surface area contributed by atoms with Crippen LogP contribution in [0.15, 0.2) is 0 Å². The van der Waals surface area contributed by atoms with Gasteiger partial charge in [-0.2, -0.15) is 0 Å². The second kappa shape index (κ2) is 17.4. The first-order valence-electron chi connectivity index (χ1n) is 12.4. The van der Waals surface area contributed by atoms with Gasteiger partial charge in [0.1, 0.15) is 0 Å². The van der Waals surface area contributed by atoms with Crippen LogP contribution in [0.3, 0.4) is 0 Å². The molecule has 1 atom stereocenters. The SMILES string of the molecule is CCCCCCCCCCC(CCCCCCCC)C1CCCCC1. The van der Waals surface area contributed by atoms with Crippen molar-refractivity contribution >= 4 is 0 Å². The monoisotopic (exact) mass is 350 g/mol. The molecule has 0 nitrogen and oxygen atoms in total. The molecule has 0 aliphatic heterocycles. The van der Waals surface area contributed by atoms with E-state index >= 15 is 0 Å². The van der Waals surface area contributed by atoms with Crippen LogP contribution in [-0.2, 0) is 0 Å². The maximum Gasteiger partial charge on any atom is -0.0386 e. The molecule has 1 saturated carbocycles. The van der Waals surface area contributed by atoms with E-state index in [0.717, 1.165) is 11.8 Å². The Kier molecular flexibility index (Phi) is 16.1. The average molecular weight is 351 g/mol. The van der Waals surface area contributed by atoms with E-state index in [2.05, 4.69) is 13.8 Å². The Morgan fingerprint density at radius 3 is 1.36 bits per heavy atom. The van der Waals surface area contributed by atoms with Crippen molar-refractivity contribution < 1.29 is 0 Å². The molecule has 1 unspecified atom stereocenters. The maximum atomic E-state index is 2.32. The van der Waals surface area contributed by atoms with Crippen LogP contribution in [0.25, 0.3) is 0 Å². The average Bonchev–Trinajstić information content (AvgIpc) is 2.65. The molecular formula is C25H50. The van der Waals surface area contributed by atoms with Crippen LogP contribution in [0.2, 0.25) is 0 Å². The first-order chi connectivity index (χ1) is 12.4. The summed E-state index contributed by atoms with van der Waals surface area (Å²) in [5.41, 5.74) is 0. The first kappa shape index (κ1) is 23.0. The van der Waals surface area contributed by atoms with Gasteiger partial charge in [0.2, 0.25) is 0 Å². The van der Waals surface area contributed by atoms with Gasteiger partial charge in [-0.3, -0.25) is 0 Å². The Bertz CT molecular complexity index is 251. The zero-order valence-electron chi connectivity index (χ0n) is 18.0. The second-order valence-electron chi connectivity index (χ2n) is 8.98. The Balaban J connectivity index is 2.12. The van der Waals surface area contributed by atoms with E-state index in [1.807, 2.05) is 0 Å². The lowest BCUT2D eigenvalue weighted by atomic mass is 9.75. The lowest BCUT2D eigenvalue weighted by Gasteiger charge is -2.30. The zero-order chi connectivity index (χ0) is 18.0. The highest BCUT2D eigenvalue weighted by molar-refractivity contribution is 4.74. The molecular weight excluding hydrogens is 300 g/mol. The molecule has 0 aromatic carbocycles. The normalized spacial score (nSPS) is 17.0. The van der Waals surface area contributed by atoms with Gasteiger partial charge in [0.15, 0.2) is 0 Å². The van der Waals surface area contributed by atoms with Gasteiger partial charge >= 0.3 is 0 Å².